The van der Waals surface area contributed by atoms with Gasteiger partial charge in [0.1, 0.15) is 12.4 Å². The van der Waals surface area contributed by atoms with Gasteiger partial charge in [0.2, 0.25) is 0 Å². The lowest BCUT2D eigenvalue weighted by Crippen LogP contribution is -2.25. The number of rotatable bonds is 4. The van der Waals surface area contributed by atoms with Crippen LogP contribution < -0.4 is 5.32 Å². The van der Waals surface area contributed by atoms with Crippen LogP contribution in [0.15, 0.2) is 24.4 Å². The highest BCUT2D eigenvalue weighted by molar-refractivity contribution is 5.66. The fraction of sp³-hybridized carbons (Fsp3) is 0.400. The molecule has 0 saturated carbocycles. The van der Waals surface area contributed by atoms with Crippen molar-refractivity contribution in [1.29, 1.82) is 0 Å². The molecule has 0 fully saturated rings. The fourth-order valence-electron chi connectivity index (χ4n) is 0.914. The number of aromatic nitrogens is 1. The normalized spacial score (nSPS) is 9.47. The molecule has 0 radical (unpaired) electrons. The number of amides is 1. The molecule has 0 spiro atoms. The van der Waals surface area contributed by atoms with Gasteiger partial charge in [0.15, 0.2) is 0 Å². The fourth-order valence-corrected chi connectivity index (χ4v) is 0.914. The van der Waals surface area contributed by atoms with Gasteiger partial charge in [-0.05, 0) is 12.1 Å². The number of carbonyl (C=O) groups excluding carboxylic acids is 1. The molecule has 1 aromatic heterocycles. The van der Waals surface area contributed by atoms with E-state index < -0.39 is 0 Å². The number of carbonyl (C=O) groups is 1. The highest BCUT2D eigenvalue weighted by Gasteiger charge is 2.02. The van der Waals surface area contributed by atoms with Crippen molar-refractivity contribution in [2.75, 3.05) is 32.6 Å². The first-order valence-electron chi connectivity index (χ1n) is 4.69. The van der Waals surface area contributed by atoms with E-state index in [1.807, 2.05) is 18.2 Å². The third kappa shape index (κ3) is 4.30. The third-order valence-electron chi connectivity index (χ3n) is 1.66. The maximum atomic E-state index is 11.0. The van der Waals surface area contributed by atoms with Crippen LogP contribution in [0.4, 0.5) is 10.6 Å². The van der Waals surface area contributed by atoms with Crippen LogP contribution >= 0.6 is 0 Å². The van der Waals surface area contributed by atoms with E-state index in [1.165, 1.54) is 4.90 Å². The van der Waals surface area contributed by atoms with Crippen molar-refractivity contribution in [2.24, 2.45) is 0 Å². The summed E-state index contributed by atoms with van der Waals surface area (Å²) in [5, 5.41) is 3.03. The van der Waals surface area contributed by atoms with Crippen molar-refractivity contribution in [3.63, 3.8) is 0 Å². The van der Waals surface area contributed by atoms with Gasteiger partial charge in [-0.1, -0.05) is 6.07 Å². The van der Waals surface area contributed by atoms with Gasteiger partial charge >= 0.3 is 6.09 Å². The van der Waals surface area contributed by atoms with Crippen LogP contribution in [0, 0.1) is 0 Å². The molecule has 0 unspecified atom stereocenters. The first-order chi connectivity index (χ1) is 7.20. The van der Waals surface area contributed by atoms with Crippen LogP contribution in [-0.2, 0) is 4.74 Å². The molecule has 0 saturated heterocycles. The molecule has 1 aromatic rings. The number of pyridine rings is 1. The third-order valence-corrected chi connectivity index (χ3v) is 1.66. The smallest absolute Gasteiger partial charge is 0.409 e. The summed E-state index contributed by atoms with van der Waals surface area (Å²) in [6, 6.07) is 5.59. The second kappa shape index (κ2) is 5.85. The van der Waals surface area contributed by atoms with Crippen molar-refractivity contribution in [3.8, 4) is 0 Å². The number of nitrogens with zero attached hydrogens (tertiary/aromatic N) is 2. The van der Waals surface area contributed by atoms with E-state index >= 15 is 0 Å². The molecule has 0 aliphatic carbocycles. The Balaban J connectivity index is 2.15. The minimum absolute atomic E-state index is 0.327. The molecule has 0 aliphatic rings. The van der Waals surface area contributed by atoms with Crippen molar-refractivity contribution in [1.82, 2.24) is 9.88 Å². The molecule has 0 aromatic carbocycles. The molecular formula is C10H15N3O2. The molecule has 1 rings (SSSR count). The number of ether oxygens (including phenoxy) is 1. The Hall–Kier alpha value is -1.78. The van der Waals surface area contributed by atoms with E-state index in [0.29, 0.717) is 13.2 Å². The van der Waals surface area contributed by atoms with E-state index in [9.17, 15) is 4.79 Å². The summed E-state index contributed by atoms with van der Waals surface area (Å²) in [6.45, 7) is 0.879. The summed E-state index contributed by atoms with van der Waals surface area (Å²) in [5.74, 6) is 0.776. The first-order valence-corrected chi connectivity index (χ1v) is 4.69. The standard InChI is InChI=1S/C10H15N3O2/c1-13(2)10(14)15-8-7-12-9-5-3-4-6-11-9/h3-6H,7-8H2,1-2H3,(H,11,12). The van der Waals surface area contributed by atoms with Crippen LogP contribution in [0.2, 0.25) is 0 Å². The Morgan fingerprint density at radius 2 is 2.33 bits per heavy atom. The van der Waals surface area contributed by atoms with Gasteiger partial charge in [0, 0.05) is 20.3 Å². The predicted molar refractivity (Wildman–Crippen MR) is 57.8 cm³/mol. The molecule has 5 heteroatoms. The van der Waals surface area contributed by atoms with Crippen LogP contribution in [-0.4, -0.2) is 43.2 Å². The SMILES string of the molecule is CN(C)C(=O)OCCNc1ccccn1. The Morgan fingerprint density at radius 3 is 2.93 bits per heavy atom. The summed E-state index contributed by atoms with van der Waals surface area (Å²) in [4.78, 5) is 16.5. The maximum absolute atomic E-state index is 11.0. The zero-order chi connectivity index (χ0) is 11.1. The molecule has 5 nitrogen and oxygen atoms in total. The second-order valence-electron chi connectivity index (χ2n) is 3.15. The molecule has 1 N–H and O–H groups in total. The van der Waals surface area contributed by atoms with Crippen molar-refractivity contribution in [3.05, 3.63) is 24.4 Å². The van der Waals surface area contributed by atoms with E-state index in [2.05, 4.69) is 10.3 Å². The lowest BCUT2D eigenvalue weighted by Gasteiger charge is -2.11. The first kappa shape index (κ1) is 11.3. The largest absolute Gasteiger partial charge is 0.448 e. The summed E-state index contributed by atoms with van der Waals surface area (Å²) < 4.78 is 4.92. The van der Waals surface area contributed by atoms with Gasteiger partial charge in [-0.25, -0.2) is 9.78 Å². The molecular weight excluding hydrogens is 194 g/mol. The number of anilines is 1. The van der Waals surface area contributed by atoms with Gasteiger partial charge < -0.3 is 15.0 Å². The Labute approximate surface area is 89.1 Å². The van der Waals surface area contributed by atoms with Gasteiger partial charge in [-0.2, -0.15) is 0 Å². The van der Waals surface area contributed by atoms with E-state index in [0.717, 1.165) is 5.82 Å². The van der Waals surface area contributed by atoms with E-state index in [4.69, 9.17) is 4.74 Å². The number of hydrogen-bond acceptors (Lipinski definition) is 4. The Bertz CT molecular complexity index is 301. The molecule has 0 atom stereocenters. The molecule has 0 aliphatic heterocycles. The maximum Gasteiger partial charge on any atom is 0.409 e. The average Bonchev–Trinajstić information content (AvgIpc) is 2.25. The lowest BCUT2D eigenvalue weighted by molar-refractivity contribution is 0.122. The summed E-state index contributed by atoms with van der Waals surface area (Å²) in [5.41, 5.74) is 0. The predicted octanol–water partition coefficient (Wildman–Crippen LogP) is 1.19. The highest BCUT2D eigenvalue weighted by atomic mass is 16.6. The quantitative estimate of drug-likeness (QED) is 0.757. The summed E-state index contributed by atoms with van der Waals surface area (Å²) in [7, 11) is 3.29. The summed E-state index contributed by atoms with van der Waals surface area (Å²) in [6.07, 6.45) is 1.37. The second-order valence-corrected chi connectivity index (χ2v) is 3.15. The topological polar surface area (TPSA) is 54.5 Å². The monoisotopic (exact) mass is 209 g/mol. The Kier molecular flexibility index (Phi) is 4.40. The van der Waals surface area contributed by atoms with Crippen LogP contribution in [0.5, 0.6) is 0 Å². The zero-order valence-corrected chi connectivity index (χ0v) is 8.93. The van der Waals surface area contributed by atoms with Crippen LogP contribution in [0.3, 0.4) is 0 Å². The minimum Gasteiger partial charge on any atom is -0.448 e. The van der Waals surface area contributed by atoms with Gasteiger partial charge in [-0.3, -0.25) is 0 Å². The van der Waals surface area contributed by atoms with Gasteiger partial charge in [-0.15, -0.1) is 0 Å². The van der Waals surface area contributed by atoms with Gasteiger partial charge in [0.25, 0.3) is 0 Å². The Morgan fingerprint density at radius 1 is 1.53 bits per heavy atom. The van der Waals surface area contributed by atoms with Crippen molar-refractivity contribution in [2.45, 2.75) is 0 Å². The number of nitrogens with one attached hydrogen (secondary N) is 1. The van der Waals surface area contributed by atoms with Crippen LogP contribution in [0.1, 0.15) is 0 Å². The number of hydrogen-bond donors (Lipinski definition) is 1. The minimum atomic E-state index is -0.335. The molecule has 15 heavy (non-hydrogen) atoms. The molecule has 82 valence electrons. The van der Waals surface area contributed by atoms with E-state index in [1.54, 1.807) is 20.3 Å². The summed E-state index contributed by atoms with van der Waals surface area (Å²) >= 11 is 0. The molecule has 1 heterocycles. The van der Waals surface area contributed by atoms with Crippen molar-refractivity contribution >= 4 is 11.9 Å². The van der Waals surface area contributed by atoms with E-state index in [-0.39, 0.29) is 6.09 Å². The average molecular weight is 209 g/mol. The van der Waals surface area contributed by atoms with Gasteiger partial charge in [0.05, 0.1) is 6.54 Å². The molecule has 0 bridgehead atoms. The highest BCUT2D eigenvalue weighted by Crippen LogP contribution is 1.98. The zero-order valence-electron chi connectivity index (χ0n) is 8.93. The van der Waals surface area contributed by atoms with Crippen molar-refractivity contribution < 1.29 is 9.53 Å². The lowest BCUT2D eigenvalue weighted by atomic mass is 10.4. The van der Waals surface area contributed by atoms with Crippen LogP contribution in [0.25, 0.3) is 0 Å². The molecule has 1 amide bonds.